The summed E-state index contributed by atoms with van der Waals surface area (Å²) in [7, 11) is 0. The summed E-state index contributed by atoms with van der Waals surface area (Å²) in [6.45, 7) is 5.25. The fourth-order valence-corrected chi connectivity index (χ4v) is 1.61. The molecule has 2 nitrogen and oxygen atoms in total. The van der Waals surface area contributed by atoms with Crippen LogP contribution >= 0.6 is 0 Å². The fraction of sp³-hybridized carbons (Fsp3) is 0.429. The van der Waals surface area contributed by atoms with Gasteiger partial charge in [0.2, 0.25) is 0 Å². The number of aliphatic hydroxyl groups excluding tert-OH is 1. The monoisotopic (exact) mass is 220 g/mol. The summed E-state index contributed by atoms with van der Waals surface area (Å²) in [5, 5.41) is 8.89. The minimum Gasteiger partial charge on any atom is -0.396 e. The predicted octanol–water partition coefficient (Wildman–Crippen LogP) is 2.78. The third kappa shape index (κ3) is 5.10. The van der Waals surface area contributed by atoms with E-state index in [0.717, 1.165) is 12.8 Å². The molecule has 0 spiro atoms. The molecule has 0 aliphatic heterocycles. The maximum atomic E-state index is 8.89. The molecule has 0 saturated heterocycles. The van der Waals surface area contributed by atoms with Gasteiger partial charge in [-0.05, 0) is 24.3 Å². The first-order valence-electron chi connectivity index (χ1n) is 5.70. The first-order valence-corrected chi connectivity index (χ1v) is 5.70. The molecule has 1 aromatic carbocycles. The number of hydrogen-bond acceptors (Lipinski definition) is 2. The summed E-state index contributed by atoms with van der Waals surface area (Å²) in [5.41, 5.74) is 1.18. The highest BCUT2D eigenvalue weighted by atomic mass is 16.5. The molecular formula is C14H20O2. The molecule has 88 valence electrons. The van der Waals surface area contributed by atoms with Crippen LogP contribution in [0, 0.1) is 5.92 Å². The number of benzene rings is 1. The van der Waals surface area contributed by atoms with Crippen molar-refractivity contribution >= 4 is 0 Å². The van der Waals surface area contributed by atoms with Gasteiger partial charge in [0.05, 0.1) is 13.2 Å². The van der Waals surface area contributed by atoms with Crippen LogP contribution in [0.1, 0.15) is 18.4 Å². The Balaban J connectivity index is 2.24. The topological polar surface area (TPSA) is 29.5 Å². The van der Waals surface area contributed by atoms with Crippen molar-refractivity contribution in [3.8, 4) is 0 Å². The molecule has 1 aromatic rings. The number of ether oxygens (including phenoxy) is 1. The lowest BCUT2D eigenvalue weighted by atomic mass is 10.0. The van der Waals surface area contributed by atoms with E-state index in [1.165, 1.54) is 5.56 Å². The van der Waals surface area contributed by atoms with Crippen LogP contribution < -0.4 is 0 Å². The highest BCUT2D eigenvalue weighted by molar-refractivity contribution is 5.13. The lowest BCUT2D eigenvalue weighted by Gasteiger charge is -2.13. The van der Waals surface area contributed by atoms with E-state index in [1.54, 1.807) is 0 Å². The number of aliphatic hydroxyl groups is 1. The van der Waals surface area contributed by atoms with Gasteiger partial charge in [0.1, 0.15) is 0 Å². The van der Waals surface area contributed by atoms with Crippen LogP contribution in [0.25, 0.3) is 0 Å². The van der Waals surface area contributed by atoms with Crippen molar-refractivity contribution in [2.45, 2.75) is 19.4 Å². The zero-order chi connectivity index (χ0) is 11.6. The van der Waals surface area contributed by atoms with Gasteiger partial charge < -0.3 is 9.84 Å². The van der Waals surface area contributed by atoms with E-state index in [9.17, 15) is 0 Å². The Morgan fingerprint density at radius 1 is 1.31 bits per heavy atom. The van der Waals surface area contributed by atoms with Crippen molar-refractivity contribution in [2.75, 3.05) is 13.2 Å². The molecule has 0 fully saturated rings. The largest absolute Gasteiger partial charge is 0.396 e. The molecule has 0 heterocycles. The molecule has 0 bridgehead atoms. The van der Waals surface area contributed by atoms with Gasteiger partial charge in [0, 0.05) is 6.61 Å². The van der Waals surface area contributed by atoms with Gasteiger partial charge in [-0.25, -0.2) is 0 Å². The molecule has 1 N–H and O–H groups in total. The summed E-state index contributed by atoms with van der Waals surface area (Å²) in [5.74, 6) is 0.381. The minimum atomic E-state index is 0.215. The van der Waals surface area contributed by atoms with Crippen molar-refractivity contribution in [3.05, 3.63) is 48.6 Å². The summed E-state index contributed by atoms with van der Waals surface area (Å²) >= 11 is 0. The van der Waals surface area contributed by atoms with Crippen molar-refractivity contribution in [2.24, 2.45) is 5.92 Å². The smallest absolute Gasteiger partial charge is 0.0717 e. The van der Waals surface area contributed by atoms with E-state index in [-0.39, 0.29) is 6.61 Å². The van der Waals surface area contributed by atoms with Crippen LogP contribution in [-0.2, 0) is 11.3 Å². The second-order valence-electron chi connectivity index (χ2n) is 3.90. The maximum absolute atomic E-state index is 8.89. The molecule has 16 heavy (non-hydrogen) atoms. The van der Waals surface area contributed by atoms with Gasteiger partial charge in [-0.3, -0.25) is 0 Å². The van der Waals surface area contributed by atoms with Crippen LogP contribution in [0.15, 0.2) is 43.0 Å². The summed E-state index contributed by atoms with van der Waals surface area (Å²) in [6, 6.07) is 10.1. The summed E-state index contributed by atoms with van der Waals surface area (Å²) in [6.07, 6.45) is 3.56. The summed E-state index contributed by atoms with van der Waals surface area (Å²) < 4.78 is 5.63. The van der Waals surface area contributed by atoms with Gasteiger partial charge in [-0.1, -0.05) is 36.4 Å². The summed E-state index contributed by atoms with van der Waals surface area (Å²) in [4.78, 5) is 0. The van der Waals surface area contributed by atoms with Crippen LogP contribution in [0.5, 0.6) is 0 Å². The quantitative estimate of drug-likeness (QED) is 0.683. The van der Waals surface area contributed by atoms with Crippen LogP contribution in [0.4, 0.5) is 0 Å². The third-order valence-corrected chi connectivity index (χ3v) is 2.50. The number of hydrogen-bond donors (Lipinski definition) is 1. The Labute approximate surface area is 97.6 Å². The van der Waals surface area contributed by atoms with Gasteiger partial charge in [0.25, 0.3) is 0 Å². The Bertz CT molecular complexity index is 282. The second kappa shape index (κ2) is 8.08. The van der Waals surface area contributed by atoms with Crippen molar-refractivity contribution < 1.29 is 9.84 Å². The highest BCUT2D eigenvalue weighted by Crippen LogP contribution is 2.10. The fourth-order valence-electron chi connectivity index (χ4n) is 1.61. The lowest BCUT2D eigenvalue weighted by molar-refractivity contribution is 0.0778. The molecule has 0 saturated carbocycles. The Hall–Kier alpha value is -1.12. The molecular weight excluding hydrogens is 200 g/mol. The van der Waals surface area contributed by atoms with E-state index < -0.39 is 0 Å². The second-order valence-corrected chi connectivity index (χ2v) is 3.90. The lowest BCUT2D eigenvalue weighted by Crippen LogP contribution is -2.10. The van der Waals surface area contributed by atoms with Crippen LogP contribution in [0.2, 0.25) is 0 Å². The van der Waals surface area contributed by atoms with Crippen LogP contribution in [0.3, 0.4) is 0 Å². The predicted molar refractivity (Wildman–Crippen MR) is 66.1 cm³/mol. The molecule has 0 amide bonds. The van der Waals surface area contributed by atoms with Gasteiger partial charge in [-0.2, -0.15) is 0 Å². The van der Waals surface area contributed by atoms with Gasteiger partial charge >= 0.3 is 0 Å². The molecule has 0 aromatic heterocycles. The molecule has 0 aliphatic carbocycles. The van der Waals surface area contributed by atoms with E-state index in [4.69, 9.17) is 9.84 Å². The number of rotatable bonds is 8. The molecule has 0 aliphatic rings. The first kappa shape index (κ1) is 12.9. The molecule has 2 heteroatoms. The molecule has 1 atom stereocenters. The van der Waals surface area contributed by atoms with Crippen molar-refractivity contribution in [1.29, 1.82) is 0 Å². The van der Waals surface area contributed by atoms with E-state index in [0.29, 0.717) is 19.1 Å². The number of allylic oxidation sites excluding steroid dienone is 1. The average Bonchev–Trinajstić information content (AvgIpc) is 2.31. The van der Waals surface area contributed by atoms with E-state index in [1.807, 2.05) is 24.3 Å². The SMILES string of the molecule is C=CC[C@@H](CCO)COCc1ccccc1. The molecule has 0 radical (unpaired) electrons. The minimum absolute atomic E-state index is 0.215. The zero-order valence-electron chi connectivity index (χ0n) is 9.64. The Kier molecular flexibility index (Phi) is 6.54. The molecule has 0 unspecified atom stereocenters. The van der Waals surface area contributed by atoms with E-state index >= 15 is 0 Å². The van der Waals surface area contributed by atoms with Crippen LogP contribution in [-0.4, -0.2) is 18.3 Å². The first-order chi connectivity index (χ1) is 7.86. The Morgan fingerprint density at radius 2 is 2.06 bits per heavy atom. The third-order valence-electron chi connectivity index (χ3n) is 2.50. The zero-order valence-corrected chi connectivity index (χ0v) is 9.64. The standard InChI is InChI=1S/C14H20O2/c1-2-6-13(9-10-15)11-16-12-14-7-4-3-5-8-14/h2-5,7-8,13,15H,1,6,9-12H2/t13-/m0/s1. The maximum Gasteiger partial charge on any atom is 0.0717 e. The van der Waals surface area contributed by atoms with Crippen molar-refractivity contribution in [3.63, 3.8) is 0 Å². The van der Waals surface area contributed by atoms with E-state index in [2.05, 4.69) is 18.7 Å². The highest BCUT2D eigenvalue weighted by Gasteiger charge is 2.06. The normalized spacial score (nSPS) is 12.3. The average molecular weight is 220 g/mol. The van der Waals surface area contributed by atoms with Gasteiger partial charge in [-0.15, -0.1) is 6.58 Å². The molecule has 1 rings (SSSR count). The Morgan fingerprint density at radius 3 is 2.69 bits per heavy atom. The van der Waals surface area contributed by atoms with Gasteiger partial charge in [0.15, 0.2) is 0 Å². The van der Waals surface area contributed by atoms with Crippen molar-refractivity contribution in [1.82, 2.24) is 0 Å².